The fourth-order valence-electron chi connectivity index (χ4n) is 7.39. The lowest BCUT2D eigenvalue weighted by Gasteiger charge is -2.52. The van der Waals surface area contributed by atoms with E-state index in [9.17, 15) is 30.0 Å². The third kappa shape index (κ3) is 3.49. The van der Waals surface area contributed by atoms with E-state index in [-0.39, 0.29) is 58.0 Å². The number of fused-ring (bicyclic) bond motifs is 3. The molecule has 1 amide bonds. The largest absolute Gasteiger partial charge is 0.511 e. The zero-order chi connectivity index (χ0) is 27.1. The summed E-state index contributed by atoms with van der Waals surface area (Å²) in [5.41, 5.74) is 6.22. The Bertz CT molecular complexity index is 1340. The summed E-state index contributed by atoms with van der Waals surface area (Å²) in [7, 11) is 5.31. The van der Waals surface area contributed by atoms with Gasteiger partial charge in [0.15, 0.2) is 5.78 Å². The molecule has 0 saturated heterocycles. The topological polar surface area (TPSA) is 162 Å². The second-order valence-electron chi connectivity index (χ2n) is 11.3. The molecule has 0 bridgehead atoms. The normalized spacial score (nSPS) is 34.1. The van der Waals surface area contributed by atoms with Crippen LogP contribution in [0, 0.1) is 23.7 Å². The number of allylic oxidation sites excluding steroid dienone is 4. The van der Waals surface area contributed by atoms with Gasteiger partial charge in [0.2, 0.25) is 0 Å². The van der Waals surface area contributed by atoms with Crippen molar-refractivity contribution in [1.82, 2.24) is 14.7 Å². The second-order valence-corrected chi connectivity index (χ2v) is 11.3. The van der Waals surface area contributed by atoms with Crippen LogP contribution in [0.5, 0.6) is 0 Å². The first-order valence-corrected chi connectivity index (χ1v) is 12.5. The standard InChI is InChI=1S/C27H34N4O6/c1-11-6-16(32)19-14(17(11)13-9-29-31(5)10-13)7-12-8-15-20(24(34)18(12)23(19)33)27(2,37)21(26(28)36)25(35)22(15)30(3)4/h9-12,15,20,22,33-35,37H,6-8H2,1-5H3,(H2,28,36)/t11?,12?,15?,20?,22-,27?/m0/s1. The van der Waals surface area contributed by atoms with Gasteiger partial charge in [0.1, 0.15) is 22.9 Å². The zero-order valence-electron chi connectivity index (χ0n) is 21.7. The highest BCUT2D eigenvalue weighted by molar-refractivity contribution is 6.07. The molecule has 198 valence electrons. The minimum absolute atomic E-state index is 0.0752. The molecule has 0 fully saturated rings. The lowest BCUT2D eigenvalue weighted by molar-refractivity contribution is -0.120. The third-order valence-electron chi connectivity index (χ3n) is 8.67. The van der Waals surface area contributed by atoms with Gasteiger partial charge in [0.05, 0.1) is 29.3 Å². The summed E-state index contributed by atoms with van der Waals surface area (Å²) >= 11 is 0. The number of carbonyl (C=O) groups is 2. The maximum Gasteiger partial charge on any atom is 0.251 e. The van der Waals surface area contributed by atoms with Gasteiger partial charge in [0, 0.05) is 30.8 Å². The summed E-state index contributed by atoms with van der Waals surface area (Å²) in [5.74, 6) is -4.01. The predicted octanol–water partition coefficient (Wildman–Crippen LogP) is 2.06. The SMILES string of the molecule is CC1CC(=O)C2=C(O)C3=C(O)C4C(CC3CC2=C1c1cnn(C)c1)[C@H](N(C)C)C(O)=C(C(N)=O)C4(C)O. The Morgan fingerprint density at radius 2 is 1.86 bits per heavy atom. The van der Waals surface area contributed by atoms with E-state index in [4.69, 9.17) is 5.73 Å². The lowest BCUT2D eigenvalue weighted by atomic mass is 9.56. The van der Waals surface area contributed by atoms with Gasteiger partial charge >= 0.3 is 0 Å². The molecule has 0 aliphatic heterocycles. The van der Waals surface area contributed by atoms with Crippen LogP contribution in [-0.2, 0) is 16.6 Å². The smallest absolute Gasteiger partial charge is 0.251 e. The first kappa shape index (κ1) is 25.3. The molecule has 10 heteroatoms. The van der Waals surface area contributed by atoms with Crippen molar-refractivity contribution >= 4 is 17.3 Å². The van der Waals surface area contributed by atoms with Crippen LogP contribution >= 0.6 is 0 Å². The molecule has 5 rings (SSSR count). The number of likely N-dealkylation sites (N-methyl/N-ethyl adjacent to an activating group) is 1. The highest BCUT2D eigenvalue weighted by atomic mass is 16.3. The predicted molar refractivity (Wildman–Crippen MR) is 135 cm³/mol. The number of Topliss-reactive ketones (excluding diaryl/α,β-unsaturated/α-hetero) is 1. The maximum absolute atomic E-state index is 13.2. The average Bonchev–Trinajstić information content (AvgIpc) is 3.17. The molecule has 0 aromatic carbocycles. The molecule has 6 N–H and O–H groups in total. The first-order valence-electron chi connectivity index (χ1n) is 12.5. The van der Waals surface area contributed by atoms with Crippen LogP contribution in [0.15, 0.2) is 52.0 Å². The quantitative estimate of drug-likeness (QED) is 0.413. The maximum atomic E-state index is 13.2. The summed E-state index contributed by atoms with van der Waals surface area (Å²) < 4.78 is 1.69. The Morgan fingerprint density at radius 3 is 2.43 bits per heavy atom. The lowest BCUT2D eigenvalue weighted by Crippen LogP contribution is -2.59. The van der Waals surface area contributed by atoms with Crippen molar-refractivity contribution in [3.05, 3.63) is 57.5 Å². The van der Waals surface area contributed by atoms with Crippen LogP contribution in [0.4, 0.5) is 0 Å². The Kier molecular flexibility index (Phi) is 5.69. The number of hydrogen-bond donors (Lipinski definition) is 5. The van der Waals surface area contributed by atoms with Gasteiger partial charge in [-0.25, -0.2) is 0 Å². The van der Waals surface area contributed by atoms with E-state index in [1.54, 1.807) is 29.9 Å². The van der Waals surface area contributed by atoms with Crippen molar-refractivity contribution < 1.29 is 30.0 Å². The van der Waals surface area contributed by atoms with Crippen LogP contribution in [0.1, 0.15) is 38.7 Å². The summed E-state index contributed by atoms with van der Waals surface area (Å²) in [5, 5.41) is 50.0. The Morgan fingerprint density at radius 1 is 1.19 bits per heavy atom. The Labute approximate surface area is 215 Å². The molecule has 0 spiro atoms. The first-order chi connectivity index (χ1) is 17.3. The molecule has 6 atom stereocenters. The second kappa shape index (κ2) is 8.32. The molecule has 5 unspecified atom stereocenters. The fraction of sp³-hybridized carbons (Fsp3) is 0.519. The van der Waals surface area contributed by atoms with Gasteiger partial charge < -0.3 is 26.2 Å². The van der Waals surface area contributed by atoms with E-state index in [0.29, 0.717) is 12.8 Å². The van der Waals surface area contributed by atoms with Crippen LogP contribution in [0.2, 0.25) is 0 Å². The summed E-state index contributed by atoms with van der Waals surface area (Å²) in [6.07, 6.45) is 4.64. The molecular weight excluding hydrogens is 476 g/mol. The van der Waals surface area contributed by atoms with Crippen molar-refractivity contribution in [3.63, 3.8) is 0 Å². The van der Waals surface area contributed by atoms with Gasteiger partial charge in [0.25, 0.3) is 5.91 Å². The molecule has 1 aromatic rings. The number of aryl methyl sites for hydroxylation is 1. The van der Waals surface area contributed by atoms with E-state index in [1.165, 1.54) is 6.92 Å². The number of carbonyl (C=O) groups excluding carboxylic acids is 2. The summed E-state index contributed by atoms with van der Waals surface area (Å²) in [4.78, 5) is 27.3. The van der Waals surface area contributed by atoms with Gasteiger partial charge in [-0.05, 0) is 62.8 Å². The minimum Gasteiger partial charge on any atom is -0.511 e. The highest BCUT2D eigenvalue weighted by Gasteiger charge is 2.59. The molecule has 0 radical (unpaired) electrons. The number of rotatable bonds is 3. The van der Waals surface area contributed by atoms with E-state index < -0.39 is 29.4 Å². The van der Waals surface area contributed by atoms with Crippen LogP contribution in [-0.4, -0.2) is 72.5 Å². The van der Waals surface area contributed by atoms with Crippen molar-refractivity contribution in [1.29, 1.82) is 0 Å². The fourth-order valence-corrected chi connectivity index (χ4v) is 7.39. The highest BCUT2D eigenvalue weighted by Crippen LogP contribution is 2.57. The number of primary amides is 1. The molecule has 1 aromatic heterocycles. The molecule has 10 nitrogen and oxygen atoms in total. The number of amides is 1. The number of hydrogen-bond acceptors (Lipinski definition) is 8. The molecule has 4 aliphatic carbocycles. The number of aliphatic hydroxyl groups is 4. The number of nitrogens with zero attached hydrogens (tertiary/aromatic N) is 3. The van der Waals surface area contributed by atoms with E-state index in [2.05, 4.69) is 5.10 Å². The summed E-state index contributed by atoms with van der Waals surface area (Å²) in [6.45, 7) is 3.33. The summed E-state index contributed by atoms with van der Waals surface area (Å²) in [6, 6.07) is -0.692. The van der Waals surface area contributed by atoms with Crippen molar-refractivity contribution in [2.24, 2.45) is 36.5 Å². The number of aliphatic hydroxyl groups excluding tert-OH is 3. The van der Waals surface area contributed by atoms with Crippen LogP contribution in [0.3, 0.4) is 0 Å². The van der Waals surface area contributed by atoms with Crippen LogP contribution < -0.4 is 5.73 Å². The van der Waals surface area contributed by atoms with Gasteiger partial charge in [-0.3, -0.25) is 19.2 Å². The zero-order valence-corrected chi connectivity index (χ0v) is 21.7. The van der Waals surface area contributed by atoms with Gasteiger partial charge in [-0.1, -0.05) is 6.92 Å². The Hall–Kier alpha value is -3.37. The van der Waals surface area contributed by atoms with E-state index in [1.807, 2.05) is 20.2 Å². The molecule has 0 saturated carbocycles. The van der Waals surface area contributed by atoms with E-state index >= 15 is 0 Å². The minimum atomic E-state index is -1.98. The molecular formula is C27H34N4O6. The van der Waals surface area contributed by atoms with Crippen molar-refractivity contribution in [2.75, 3.05) is 14.1 Å². The van der Waals surface area contributed by atoms with Crippen LogP contribution in [0.25, 0.3) is 5.57 Å². The Balaban J connectivity index is 1.75. The van der Waals surface area contributed by atoms with E-state index in [0.717, 1.165) is 16.7 Å². The third-order valence-corrected chi connectivity index (χ3v) is 8.67. The van der Waals surface area contributed by atoms with Crippen molar-refractivity contribution in [2.45, 2.75) is 44.8 Å². The molecule has 37 heavy (non-hydrogen) atoms. The molecule has 4 aliphatic rings. The molecule has 1 heterocycles. The number of ketones is 1. The number of nitrogens with two attached hydrogens (primary N) is 1. The van der Waals surface area contributed by atoms with Gasteiger partial charge in [-0.15, -0.1) is 0 Å². The average molecular weight is 511 g/mol. The number of aromatic nitrogens is 2. The van der Waals surface area contributed by atoms with Crippen molar-refractivity contribution in [3.8, 4) is 0 Å². The monoisotopic (exact) mass is 510 g/mol. The van der Waals surface area contributed by atoms with Gasteiger partial charge in [-0.2, -0.15) is 5.10 Å².